The third kappa shape index (κ3) is 4.00. The van der Waals surface area contributed by atoms with Crippen molar-refractivity contribution in [3.63, 3.8) is 0 Å². The van der Waals surface area contributed by atoms with Gasteiger partial charge in [0.2, 0.25) is 10.0 Å². The minimum Gasteiger partial charge on any atom is -0.389 e. The first-order valence-corrected chi connectivity index (χ1v) is 8.80. The van der Waals surface area contributed by atoms with Gasteiger partial charge in [0.25, 0.3) is 0 Å². The van der Waals surface area contributed by atoms with Crippen molar-refractivity contribution in [2.45, 2.75) is 30.7 Å². The van der Waals surface area contributed by atoms with Gasteiger partial charge in [0.05, 0.1) is 4.90 Å². The molecule has 21 heavy (non-hydrogen) atoms. The molecule has 5 nitrogen and oxygen atoms in total. The SMILES string of the molecule is Cc1cc(C(N)=S)ccc1S(=O)(=O)NC1CCCN(C)C1. The van der Waals surface area contributed by atoms with Crippen LogP contribution in [0, 0.1) is 6.92 Å². The van der Waals surface area contributed by atoms with Gasteiger partial charge < -0.3 is 10.6 Å². The van der Waals surface area contributed by atoms with E-state index in [9.17, 15) is 8.42 Å². The van der Waals surface area contributed by atoms with E-state index in [0.29, 0.717) is 11.1 Å². The van der Waals surface area contributed by atoms with Crippen LogP contribution in [0.2, 0.25) is 0 Å². The van der Waals surface area contributed by atoms with Crippen LogP contribution < -0.4 is 10.5 Å². The summed E-state index contributed by atoms with van der Waals surface area (Å²) < 4.78 is 27.8. The molecule has 1 fully saturated rings. The van der Waals surface area contributed by atoms with Crippen LogP contribution in [0.5, 0.6) is 0 Å². The van der Waals surface area contributed by atoms with Crippen molar-refractivity contribution in [1.82, 2.24) is 9.62 Å². The maximum atomic E-state index is 12.5. The summed E-state index contributed by atoms with van der Waals surface area (Å²) in [5.74, 6) is 0. The van der Waals surface area contributed by atoms with Crippen molar-refractivity contribution in [2.75, 3.05) is 20.1 Å². The summed E-state index contributed by atoms with van der Waals surface area (Å²) in [6.45, 7) is 3.51. The van der Waals surface area contributed by atoms with E-state index in [0.717, 1.165) is 25.9 Å². The number of hydrogen-bond acceptors (Lipinski definition) is 4. The molecular weight excluding hydrogens is 306 g/mol. The Morgan fingerprint density at radius 3 is 2.76 bits per heavy atom. The van der Waals surface area contributed by atoms with E-state index in [1.165, 1.54) is 0 Å². The summed E-state index contributed by atoms with van der Waals surface area (Å²) in [7, 11) is -1.51. The minimum atomic E-state index is -3.52. The van der Waals surface area contributed by atoms with Gasteiger partial charge in [-0.05, 0) is 51.1 Å². The Morgan fingerprint density at radius 1 is 1.48 bits per heavy atom. The second-order valence-corrected chi connectivity index (χ2v) is 7.69. The normalized spacial score (nSPS) is 20.4. The molecule has 0 bridgehead atoms. The van der Waals surface area contributed by atoms with E-state index in [1.807, 2.05) is 7.05 Å². The van der Waals surface area contributed by atoms with E-state index in [-0.39, 0.29) is 15.9 Å². The summed E-state index contributed by atoms with van der Waals surface area (Å²) >= 11 is 4.91. The zero-order valence-corrected chi connectivity index (χ0v) is 13.9. The highest BCUT2D eigenvalue weighted by molar-refractivity contribution is 7.89. The third-order valence-corrected chi connectivity index (χ3v) is 5.61. The van der Waals surface area contributed by atoms with Crippen LogP contribution in [0.25, 0.3) is 0 Å². The lowest BCUT2D eigenvalue weighted by molar-refractivity contribution is 0.242. The molecule has 1 saturated heterocycles. The van der Waals surface area contributed by atoms with Crippen LogP contribution in [0.4, 0.5) is 0 Å². The fourth-order valence-electron chi connectivity index (χ4n) is 2.65. The third-order valence-electron chi connectivity index (χ3n) is 3.70. The molecule has 3 N–H and O–H groups in total. The van der Waals surface area contributed by atoms with E-state index >= 15 is 0 Å². The van der Waals surface area contributed by atoms with Gasteiger partial charge in [-0.1, -0.05) is 18.3 Å². The molecule has 116 valence electrons. The Bertz CT molecular complexity index is 644. The van der Waals surface area contributed by atoms with Crippen molar-refractivity contribution >= 4 is 27.2 Å². The predicted octanol–water partition coefficient (Wildman–Crippen LogP) is 1.00. The van der Waals surface area contributed by atoms with Crippen LogP contribution in [-0.4, -0.2) is 44.5 Å². The Hall–Kier alpha value is -1.02. The van der Waals surface area contributed by atoms with Crippen molar-refractivity contribution in [3.05, 3.63) is 29.3 Å². The van der Waals surface area contributed by atoms with Crippen LogP contribution in [0.15, 0.2) is 23.1 Å². The standard InChI is InChI=1S/C14H21N3O2S2/c1-10-8-11(14(15)20)5-6-13(10)21(18,19)16-12-4-3-7-17(2)9-12/h5-6,8,12,16H,3-4,7,9H2,1-2H3,(H2,15,20). The first-order valence-electron chi connectivity index (χ1n) is 6.91. The molecule has 1 unspecified atom stereocenters. The lowest BCUT2D eigenvalue weighted by atomic mass is 10.1. The average molecular weight is 327 g/mol. The molecule has 0 radical (unpaired) electrons. The van der Waals surface area contributed by atoms with E-state index < -0.39 is 10.0 Å². The summed E-state index contributed by atoms with van der Waals surface area (Å²) in [4.78, 5) is 2.69. The lowest BCUT2D eigenvalue weighted by Gasteiger charge is -2.30. The number of sulfonamides is 1. The Kier molecular flexibility index (Phi) is 4.98. The van der Waals surface area contributed by atoms with Gasteiger partial charge in [0.15, 0.2) is 0 Å². The van der Waals surface area contributed by atoms with Gasteiger partial charge in [0.1, 0.15) is 4.99 Å². The molecule has 0 aromatic heterocycles. The zero-order chi connectivity index (χ0) is 15.6. The van der Waals surface area contributed by atoms with Crippen LogP contribution in [0.1, 0.15) is 24.0 Å². The molecule has 0 aliphatic carbocycles. The summed E-state index contributed by atoms with van der Waals surface area (Å²) in [5, 5.41) is 0. The number of nitrogens with two attached hydrogens (primary N) is 1. The second kappa shape index (κ2) is 6.39. The highest BCUT2D eigenvalue weighted by Crippen LogP contribution is 2.19. The maximum Gasteiger partial charge on any atom is 0.241 e. The summed E-state index contributed by atoms with van der Waals surface area (Å²) in [6, 6.07) is 4.89. The first kappa shape index (κ1) is 16.4. The van der Waals surface area contributed by atoms with Gasteiger partial charge in [-0.25, -0.2) is 13.1 Å². The van der Waals surface area contributed by atoms with Crippen molar-refractivity contribution < 1.29 is 8.42 Å². The van der Waals surface area contributed by atoms with Crippen LogP contribution in [-0.2, 0) is 10.0 Å². The molecule has 0 saturated carbocycles. The monoisotopic (exact) mass is 327 g/mol. The number of rotatable bonds is 4. The number of nitrogens with one attached hydrogen (secondary N) is 1. The molecule has 1 aromatic rings. The quantitative estimate of drug-likeness (QED) is 0.807. The minimum absolute atomic E-state index is 0.0385. The second-order valence-electron chi connectivity index (χ2n) is 5.57. The first-order chi connectivity index (χ1) is 9.79. The largest absolute Gasteiger partial charge is 0.389 e. The number of likely N-dealkylation sites (N-methyl/N-ethyl adjacent to an activating group) is 1. The van der Waals surface area contributed by atoms with Gasteiger partial charge in [-0.15, -0.1) is 0 Å². The molecule has 0 spiro atoms. The molecule has 7 heteroatoms. The number of thiocarbonyl (C=S) groups is 1. The molecular formula is C14H21N3O2S2. The fraction of sp³-hybridized carbons (Fsp3) is 0.500. The summed E-state index contributed by atoms with van der Waals surface area (Å²) in [6.07, 6.45) is 1.87. The van der Waals surface area contributed by atoms with Crippen molar-refractivity contribution in [3.8, 4) is 0 Å². The van der Waals surface area contributed by atoms with E-state index in [4.69, 9.17) is 18.0 Å². The molecule has 1 aromatic carbocycles. The average Bonchev–Trinajstić information content (AvgIpc) is 2.37. The molecule has 1 atom stereocenters. The number of benzene rings is 1. The Balaban J connectivity index is 2.21. The van der Waals surface area contributed by atoms with Gasteiger partial charge in [-0.2, -0.15) is 0 Å². The van der Waals surface area contributed by atoms with Crippen molar-refractivity contribution in [1.29, 1.82) is 0 Å². The predicted molar refractivity (Wildman–Crippen MR) is 87.9 cm³/mol. The van der Waals surface area contributed by atoms with Crippen LogP contribution in [0.3, 0.4) is 0 Å². The van der Waals surface area contributed by atoms with Gasteiger partial charge in [-0.3, -0.25) is 0 Å². The lowest BCUT2D eigenvalue weighted by Crippen LogP contribution is -2.46. The molecule has 1 aliphatic heterocycles. The number of piperidine rings is 1. The molecule has 1 heterocycles. The van der Waals surface area contributed by atoms with E-state index in [2.05, 4.69) is 9.62 Å². The highest BCUT2D eigenvalue weighted by atomic mass is 32.2. The Labute approximate surface area is 131 Å². The molecule has 2 rings (SSSR count). The fourth-order valence-corrected chi connectivity index (χ4v) is 4.26. The molecule has 0 amide bonds. The Morgan fingerprint density at radius 2 is 2.19 bits per heavy atom. The number of hydrogen-bond donors (Lipinski definition) is 2. The summed E-state index contributed by atoms with van der Waals surface area (Å²) in [5.41, 5.74) is 6.90. The van der Waals surface area contributed by atoms with Gasteiger partial charge >= 0.3 is 0 Å². The maximum absolute atomic E-state index is 12.5. The van der Waals surface area contributed by atoms with Crippen molar-refractivity contribution in [2.24, 2.45) is 5.73 Å². The molecule has 1 aliphatic rings. The van der Waals surface area contributed by atoms with Crippen LogP contribution >= 0.6 is 12.2 Å². The number of nitrogens with zero attached hydrogens (tertiary/aromatic N) is 1. The van der Waals surface area contributed by atoms with Gasteiger partial charge in [0, 0.05) is 18.2 Å². The number of aryl methyl sites for hydroxylation is 1. The number of likely N-dealkylation sites (tertiary alicyclic amines) is 1. The van der Waals surface area contributed by atoms with E-state index in [1.54, 1.807) is 25.1 Å². The highest BCUT2D eigenvalue weighted by Gasteiger charge is 2.25. The smallest absolute Gasteiger partial charge is 0.241 e. The topological polar surface area (TPSA) is 75.4 Å². The zero-order valence-electron chi connectivity index (χ0n) is 12.3.